The molecule has 154 valence electrons. The van der Waals surface area contributed by atoms with Crippen molar-refractivity contribution in [1.29, 1.82) is 0 Å². The number of nitro groups is 1. The van der Waals surface area contributed by atoms with E-state index in [0.29, 0.717) is 10.6 Å². The van der Waals surface area contributed by atoms with E-state index < -0.39 is 37.9 Å². The molecule has 11 heteroatoms. The van der Waals surface area contributed by atoms with Crippen LogP contribution in [0.3, 0.4) is 0 Å². The number of ether oxygens (including phenoxy) is 1. The van der Waals surface area contributed by atoms with Crippen LogP contribution in [0.25, 0.3) is 0 Å². The maximum absolute atomic E-state index is 13.2. The Morgan fingerprint density at radius 3 is 2.10 bits per heavy atom. The van der Waals surface area contributed by atoms with Crippen molar-refractivity contribution in [2.24, 2.45) is 0 Å². The van der Waals surface area contributed by atoms with Crippen molar-refractivity contribution in [2.45, 2.75) is 23.1 Å². The third-order valence-corrected chi connectivity index (χ3v) is 6.35. The van der Waals surface area contributed by atoms with Crippen molar-refractivity contribution in [1.82, 2.24) is 5.32 Å². The predicted molar refractivity (Wildman–Crippen MR) is 104 cm³/mol. The van der Waals surface area contributed by atoms with Crippen molar-refractivity contribution in [3.05, 3.63) is 69.2 Å². The molecule has 0 aromatic heterocycles. The number of sulfone groups is 1. The lowest BCUT2D eigenvalue weighted by Gasteiger charge is -2.26. The van der Waals surface area contributed by atoms with Crippen LogP contribution in [-0.4, -0.2) is 37.6 Å². The third-order valence-electron chi connectivity index (χ3n) is 4.03. The highest BCUT2D eigenvalue weighted by atomic mass is 35.5. The molecule has 1 amide bonds. The molecule has 2 rings (SSSR count). The molecular weight excluding hydrogens is 424 g/mol. The van der Waals surface area contributed by atoms with E-state index in [1.165, 1.54) is 31.2 Å². The molecule has 0 saturated carbocycles. The summed E-state index contributed by atoms with van der Waals surface area (Å²) < 4.78 is 31.1. The van der Waals surface area contributed by atoms with Gasteiger partial charge in [-0.2, -0.15) is 0 Å². The van der Waals surface area contributed by atoms with Gasteiger partial charge in [0.15, 0.2) is 15.1 Å². The highest BCUT2D eigenvalue weighted by Crippen LogP contribution is 2.30. The molecule has 0 spiro atoms. The Bertz CT molecular complexity index is 1020. The Morgan fingerprint density at radius 2 is 1.66 bits per heavy atom. The fourth-order valence-corrected chi connectivity index (χ4v) is 4.55. The van der Waals surface area contributed by atoms with Crippen molar-refractivity contribution >= 4 is 39.0 Å². The lowest BCUT2D eigenvalue weighted by atomic mass is 10.0. The number of rotatable bonds is 7. The van der Waals surface area contributed by atoms with Crippen molar-refractivity contribution in [3.8, 4) is 0 Å². The second-order valence-electron chi connectivity index (χ2n) is 5.97. The number of carbonyl (C=O) groups is 2. The van der Waals surface area contributed by atoms with Crippen molar-refractivity contribution in [2.75, 3.05) is 7.11 Å². The Kier molecular flexibility index (Phi) is 6.93. The number of methoxy groups -OCH3 is 1. The summed E-state index contributed by atoms with van der Waals surface area (Å²) in [6.07, 6.45) is 0. The summed E-state index contributed by atoms with van der Waals surface area (Å²) >= 11 is 5.87. The van der Waals surface area contributed by atoms with Gasteiger partial charge in [0.25, 0.3) is 5.69 Å². The Morgan fingerprint density at radius 1 is 1.10 bits per heavy atom. The van der Waals surface area contributed by atoms with E-state index in [2.05, 4.69) is 10.1 Å². The minimum Gasteiger partial charge on any atom is -0.468 e. The molecular formula is C18H17ClN2O7S. The molecule has 0 fully saturated rings. The number of benzene rings is 2. The summed E-state index contributed by atoms with van der Waals surface area (Å²) in [5.74, 6) is -1.67. The smallest absolute Gasteiger partial charge is 0.326 e. The van der Waals surface area contributed by atoms with Crippen LogP contribution >= 0.6 is 11.6 Å². The van der Waals surface area contributed by atoms with E-state index >= 15 is 0 Å². The molecule has 0 radical (unpaired) electrons. The van der Waals surface area contributed by atoms with Crippen molar-refractivity contribution < 1.29 is 27.7 Å². The molecule has 0 aliphatic heterocycles. The SMILES string of the molecule is COC(=O)C(C(NC(C)=O)c1ccc(Cl)cc1)S(=O)(=O)c1ccc([N+](=O)[O-])cc1. The number of nitrogens with zero attached hydrogens (tertiary/aromatic N) is 1. The number of nitrogens with one attached hydrogen (secondary N) is 1. The van der Waals surface area contributed by atoms with Gasteiger partial charge in [0.2, 0.25) is 5.91 Å². The van der Waals surface area contributed by atoms with Crippen LogP contribution < -0.4 is 5.32 Å². The molecule has 2 aromatic rings. The highest BCUT2D eigenvalue weighted by molar-refractivity contribution is 7.92. The molecule has 2 aromatic carbocycles. The number of non-ortho nitro benzene ring substituents is 1. The summed E-state index contributed by atoms with van der Waals surface area (Å²) in [5, 5.41) is 11.8. The number of amides is 1. The molecule has 29 heavy (non-hydrogen) atoms. The molecule has 2 atom stereocenters. The normalized spacial score (nSPS) is 13.2. The van der Waals surface area contributed by atoms with Gasteiger partial charge in [0.1, 0.15) is 0 Å². The van der Waals surface area contributed by atoms with Gasteiger partial charge in [0.05, 0.1) is 23.0 Å². The van der Waals surface area contributed by atoms with E-state index in [-0.39, 0.29) is 10.6 Å². The number of hydrogen-bond acceptors (Lipinski definition) is 7. The minimum absolute atomic E-state index is 0.310. The average molecular weight is 441 g/mol. The second-order valence-corrected chi connectivity index (χ2v) is 8.48. The van der Waals surface area contributed by atoms with Gasteiger partial charge in [-0.05, 0) is 29.8 Å². The summed E-state index contributed by atoms with van der Waals surface area (Å²) in [5.41, 5.74) is 0.000155. The maximum atomic E-state index is 13.2. The first-order chi connectivity index (χ1) is 13.6. The first kappa shape index (κ1) is 22.3. The largest absolute Gasteiger partial charge is 0.468 e. The first-order valence-corrected chi connectivity index (χ1v) is 10.1. The summed E-state index contributed by atoms with van der Waals surface area (Å²) in [4.78, 5) is 34.0. The molecule has 2 unspecified atom stereocenters. The van der Waals surface area contributed by atoms with Gasteiger partial charge >= 0.3 is 5.97 Å². The molecule has 0 bridgehead atoms. The van der Waals surface area contributed by atoms with E-state index in [1.807, 2.05) is 0 Å². The molecule has 0 aliphatic carbocycles. The molecule has 9 nitrogen and oxygen atoms in total. The maximum Gasteiger partial charge on any atom is 0.326 e. The van der Waals surface area contributed by atoms with E-state index in [4.69, 9.17) is 11.6 Å². The van der Waals surface area contributed by atoms with E-state index in [0.717, 1.165) is 31.4 Å². The lowest BCUT2D eigenvalue weighted by Crippen LogP contribution is -2.44. The number of esters is 1. The zero-order chi connectivity index (χ0) is 21.8. The van der Waals surface area contributed by atoms with E-state index in [1.54, 1.807) is 0 Å². The zero-order valence-corrected chi connectivity index (χ0v) is 16.9. The van der Waals surface area contributed by atoms with Crippen molar-refractivity contribution in [3.63, 3.8) is 0 Å². The number of carbonyl (C=O) groups excluding carboxylic acids is 2. The van der Waals surface area contributed by atoms with Gasteiger partial charge in [-0.3, -0.25) is 19.7 Å². The van der Waals surface area contributed by atoms with Gasteiger partial charge in [-0.25, -0.2) is 8.42 Å². The Labute approximate surface area is 171 Å². The fraction of sp³-hybridized carbons (Fsp3) is 0.222. The average Bonchev–Trinajstić information content (AvgIpc) is 2.67. The Hall–Kier alpha value is -2.98. The van der Waals surface area contributed by atoms with Crippen LogP contribution in [0.2, 0.25) is 5.02 Å². The standard InChI is InChI=1S/C18H17ClN2O7S/c1-11(22)20-16(12-3-5-13(19)6-4-12)17(18(23)28-2)29(26,27)15-9-7-14(8-10-15)21(24)25/h3-10,16-17H,1-2H3,(H,20,22). The Balaban J connectivity index is 2.61. The highest BCUT2D eigenvalue weighted by Gasteiger charge is 2.43. The van der Waals surface area contributed by atoms with Gasteiger partial charge in [-0.1, -0.05) is 23.7 Å². The summed E-state index contributed by atoms with van der Waals surface area (Å²) in [6, 6.07) is 8.71. The van der Waals surface area contributed by atoms with Gasteiger partial charge in [-0.15, -0.1) is 0 Å². The monoisotopic (exact) mass is 440 g/mol. The van der Waals surface area contributed by atoms with Gasteiger partial charge < -0.3 is 10.1 Å². The molecule has 0 heterocycles. The second kappa shape index (κ2) is 9.01. The fourth-order valence-electron chi connectivity index (χ4n) is 2.69. The predicted octanol–water partition coefficient (Wildman–Crippen LogP) is 2.44. The molecule has 0 aliphatic rings. The van der Waals surface area contributed by atoms with Crippen LogP contribution in [0.4, 0.5) is 5.69 Å². The third kappa shape index (κ3) is 5.09. The van der Waals surface area contributed by atoms with Crippen LogP contribution in [0.1, 0.15) is 18.5 Å². The van der Waals surface area contributed by atoms with Crippen LogP contribution in [0.5, 0.6) is 0 Å². The molecule has 1 N–H and O–H groups in total. The number of halogens is 1. The molecule has 0 saturated heterocycles. The number of nitro benzene ring substituents is 1. The van der Waals surface area contributed by atoms with Crippen LogP contribution in [-0.2, 0) is 24.2 Å². The quantitative estimate of drug-likeness (QED) is 0.397. The topological polar surface area (TPSA) is 133 Å². The number of hydrogen-bond donors (Lipinski definition) is 1. The summed E-state index contributed by atoms with van der Waals surface area (Å²) in [7, 11) is -3.38. The van der Waals surface area contributed by atoms with Gasteiger partial charge in [0, 0.05) is 24.1 Å². The zero-order valence-electron chi connectivity index (χ0n) is 15.4. The van der Waals surface area contributed by atoms with E-state index in [9.17, 15) is 28.1 Å². The minimum atomic E-state index is -4.40. The lowest BCUT2D eigenvalue weighted by molar-refractivity contribution is -0.384. The van der Waals surface area contributed by atoms with Crippen LogP contribution in [0.15, 0.2) is 53.4 Å². The van der Waals surface area contributed by atoms with Crippen LogP contribution in [0, 0.1) is 10.1 Å². The summed E-state index contributed by atoms with van der Waals surface area (Å²) in [6.45, 7) is 1.18. The first-order valence-electron chi connectivity index (χ1n) is 8.16.